The topological polar surface area (TPSA) is 54.9 Å². The molecule has 1 N–H and O–H groups in total. The lowest BCUT2D eigenvalue weighted by atomic mass is 9.99. The average Bonchev–Trinajstić information content (AvgIpc) is 2.42. The van der Waals surface area contributed by atoms with E-state index < -0.39 is 5.54 Å². The van der Waals surface area contributed by atoms with Gasteiger partial charge in [-0.2, -0.15) is 0 Å². The largest absolute Gasteiger partial charge is 0.341 e. The first-order chi connectivity index (χ1) is 9.40. The number of aromatic nitrogens is 2. The van der Waals surface area contributed by atoms with Crippen LogP contribution in [0.1, 0.15) is 35.6 Å². The highest BCUT2D eigenvalue weighted by molar-refractivity contribution is 6.33. The Hall–Kier alpha value is -1.94. The van der Waals surface area contributed by atoms with Crippen molar-refractivity contribution in [2.75, 3.05) is 0 Å². The molecule has 0 aliphatic rings. The molecule has 0 saturated carbocycles. The lowest BCUT2D eigenvalue weighted by Crippen LogP contribution is -2.41. The zero-order valence-corrected chi connectivity index (χ0v) is 12.4. The summed E-state index contributed by atoms with van der Waals surface area (Å²) in [6.45, 7) is 5.61. The standard InChI is InChI=1S/C15H16ClN3O/c1-10-8-11(12(16)9-18-10)14(20)19-15(2,3)13-6-4-5-7-17-13/h4-9H,1-3H3,(H,19,20). The number of hydrogen-bond donors (Lipinski definition) is 1. The molecule has 2 aromatic heterocycles. The molecule has 4 nitrogen and oxygen atoms in total. The molecule has 0 aliphatic heterocycles. The molecule has 104 valence electrons. The van der Waals surface area contributed by atoms with Crippen LogP contribution in [0.25, 0.3) is 0 Å². The minimum Gasteiger partial charge on any atom is -0.341 e. The fourth-order valence-electron chi connectivity index (χ4n) is 1.86. The summed E-state index contributed by atoms with van der Waals surface area (Å²) >= 11 is 6.03. The SMILES string of the molecule is Cc1cc(C(=O)NC(C)(C)c2ccccn2)c(Cl)cn1. The molecule has 0 bridgehead atoms. The van der Waals surface area contributed by atoms with E-state index in [1.54, 1.807) is 12.3 Å². The lowest BCUT2D eigenvalue weighted by molar-refractivity contribution is 0.0910. The number of aryl methyl sites for hydroxylation is 1. The van der Waals surface area contributed by atoms with Gasteiger partial charge in [0.25, 0.3) is 5.91 Å². The van der Waals surface area contributed by atoms with Crippen molar-refractivity contribution in [2.45, 2.75) is 26.3 Å². The van der Waals surface area contributed by atoms with Crippen LogP contribution in [-0.2, 0) is 5.54 Å². The summed E-state index contributed by atoms with van der Waals surface area (Å²) in [5.41, 5.74) is 1.37. The van der Waals surface area contributed by atoms with E-state index in [1.807, 2.05) is 39.0 Å². The molecule has 0 unspecified atom stereocenters. The van der Waals surface area contributed by atoms with Gasteiger partial charge >= 0.3 is 0 Å². The summed E-state index contributed by atoms with van der Waals surface area (Å²) < 4.78 is 0. The maximum absolute atomic E-state index is 12.4. The summed E-state index contributed by atoms with van der Waals surface area (Å²) in [5, 5.41) is 3.28. The third kappa shape index (κ3) is 3.14. The Morgan fingerprint density at radius 2 is 2.05 bits per heavy atom. The first kappa shape index (κ1) is 14.5. The van der Waals surface area contributed by atoms with Gasteiger partial charge in [0.05, 0.1) is 21.8 Å². The zero-order valence-electron chi connectivity index (χ0n) is 11.6. The van der Waals surface area contributed by atoms with E-state index in [1.165, 1.54) is 6.20 Å². The number of carbonyl (C=O) groups excluding carboxylic acids is 1. The van der Waals surface area contributed by atoms with E-state index in [0.717, 1.165) is 11.4 Å². The van der Waals surface area contributed by atoms with Crippen LogP contribution >= 0.6 is 11.6 Å². The lowest BCUT2D eigenvalue weighted by Gasteiger charge is -2.26. The highest BCUT2D eigenvalue weighted by Gasteiger charge is 2.25. The van der Waals surface area contributed by atoms with Gasteiger partial charge < -0.3 is 5.32 Å². The molecule has 1 amide bonds. The summed E-state index contributed by atoms with van der Waals surface area (Å²) in [7, 11) is 0. The van der Waals surface area contributed by atoms with Crippen LogP contribution in [0.3, 0.4) is 0 Å². The Balaban J connectivity index is 2.25. The Morgan fingerprint density at radius 3 is 2.70 bits per heavy atom. The van der Waals surface area contributed by atoms with Gasteiger partial charge in [-0.15, -0.1) is 0 Å². The molecule has 0 aromatic carbocycles. The van der Waals surface area contributed by atoms with Crippen molar-refractivity contribution in [1.82, 2.24) is 15.3 Å². The van der Waals surface area contributed by atoms with Gasteiger partial charge in [-0.3, -0.25) is 14.8 Å². The summed E-state index contributed by atoms with van der Waals surface area (Å²) in [6.07, 6.45) is 3.19. The van der Waals surface area contributed by atoms with Gasteiger partial charge in [-0.1, -0.05) is 17.7 Å². The van der Waals surface area contributed by atoms with Gasteiger partial charge in [-0.05, 0) is 39.0 Å². The Morgan fingerprint density at radius 1 is 1.30 bits per heavy atom. The monoisotopic (exact) mass is 289 g/mol. The van der Waals surface area contributed by atoms with Crippen LogP contribution in [0.5, 0.6) is 0 Å². The van der Waals surface area contributed by atoms with Crippen LogP contribution in [0.15, 0.2) is 36.7 Å². The molecule has 2 rings (SSSR count). The third-order valence-electron chi connectivity index (χ3n) is 2.97. The van der Waals surface area contributed by atoms with Crippen LogP contribution in [0.2, 0.25) is 5.02 Å². The van der Waals surface area contributed by atoms with Gasteiger partial charge in [-0.25, -0.2) is 0 Å². The number of hydrogen-bond acceptors (Lipinski definition) is 3. The number of rotatable bonds is 3. The molecule has 5 heteroatoms. The molecule has 0 atom stereocenters. The first-order valence-corrected chi connectivity index (χ1v) is 6.64. The molecule has 0 spiro atoms. The first-order valence-electron chi connectivity index (χ1n) is 6.26. The maximum Gasteiger partial charge on any atom is 0.253 e. The number of carbonyl (C=O) groups is 1. The van der Waals surface area contributed by atoms with Gasteiger partial charge in [0.15, 0.2) is 0 Å². The van der Waals surface area contributed by atoms with E-state index >= 15 is 0 Å². The van der Waals surface area contributed by atoms with Gasteiger partial charge in [0.1, 0.15) is 0 Å². The maximum atomic E-state index is 12.4. The molecule has 0 saturated heterocycles. The highest BCUT2D eigenvalue weighted by Crippen LogP contribution is 2.20. The van der Waals surface area contributed by atoms with E-state index in [-0.39, 0.29) is 5.91 Å². The molecule has 0 aliphatic carbocycles. The number of nitrogens with one attached hydrogen (secondary N) is 1. The van der Waals surface area contributed by atoms with Crippen molar-refractivity contribution in [3.63, 3.8) is 0 Å². The van der Waals surface area contributed by atoms with Crippen molar-refractivity contribution < 1.29 is 4.79 Å². The van der Waals surface area contributed by atoms with E-state index in [2.05, 4.69) is 15.3 Å². The van der Waals surface area contributed by atoms with Crippen molar-refractivity contribution in [2.24, 2.45) is 0 Å². The minimum absolute atomic E-state index is 0.240. The Labute approximate surface area is 123 Å². The summed E-state index contributed by atoms with van der Waals surface area (Å²) in [6, 6.07) is 7.27. The van der Waals surface area contributed by atoms with Crippen LogP contribution in [0.4, 0.5) is 0 Å². The summed E-state index contributed by atoms with van der Waals surface area (Å²) in [4.78, 5) is 20.7. The second-order valence-corrected chi connectivity index (χ2v) is 5.51. The quantitative estimate of drug-likeness (QED) is 0.944. The van der Waals surface area contributed by atoms with Gasteiger partial charge in [0, 0.05) is 18.1 Å². The molecular formula is C15H16ClN3O. The van der Waals surface area contributed by atoms with Gasteiger partial charge in [0.2, 0.25) is 0 Å². The van der Waals surface area contributed by atoms with Crippen LogP contribution in [-0.4, -0.2) is 15.9 Å². The zero-order chi connectivity index (χ0) is 14.8. The third-order valence-corrected chi connectivity index (χ3v) is 3.27. The fraction of sp³-hybridized carbons (Fsp3) is 0.267. The van der Waals surface area contributed by atoms with Crippen molar-refractivity contribution in [3.8, 4) is 0 Å². The number of pyridine rings is 2. The second kappa shape index (κ2) is 5.59. The molecule has 20 heavy (non-hydrogen) atoms. The average molecular weight is 290 g/mol. The smallest absolute Gasteiger partial charge is 0.253 e. The van der Waals surface area contributed by atoms with E-state index in [9.17, 15) is 4.79 Å². The Kier molecular flexibility index (Phi) is 4.04. The number of nitrogens with zero attached hydrogens (tertiary/aromatic N) is 2. The predicted octanol–water partition coefficient (Wildman–Crippen LogP) is 3.10. The van der Waals surface area contributed by atoms with Crippen molar-refractivity contribution >= 4 is 17.5 Å². The molecule has 0 fully saturated rings. The molecular weight excluding hydrogens is 274 g/mol. The predicted molar refractivity (Wildman–Crippen MR) is 78.7 cm³/mol. The van der Waals surface area contributed by atoms with Crippen LogP contribution in [0, 0.1) is 6.92 Å². The summed E-state index contributed by atoms with van der Waals surface area (Å²) in [5.74, 6) is -0.240. The van der Waals surface area contributed by atoms with Crippen molar-refractivity contribution in [1.29, 1.82) is 0 Å². The van der Waals surface area contributed by atoms with E-state index in [0.29, 0.717) is 10.6 Å². The number of amides is 1. The molecule has 2 aromatic rings. The minimum atomic E-state index is -0.584. The van der Waals surface area contributed by atoms with Crippen LogP contribution < -0.4 is 5.32 Å². The highest BCUT2D eigenvalue weighted by atomic mass is 35.5. The Bertz CT molecular complexity index is 626. The molecule has 0 radical (unpaired) electrons. The molecule has 2 heterocycles. The second-order valence-electron chi connectivity index (χ2n) is 5.10. The normalized spacial score (nSPS) is 11.2. The number of halogens is 1. The van der Waals surface area contributed by atoms with E-state index in [4.69, 9.17) is 11.6 Å². The fourth-order valence-corrected chi connectivity index (χ4v) is 2.05. The van der Waals surface area contributed by atoms with Crippen molar-refractivity contribution in [3.05, 3.63) is 58.6 Å².